The smallest absolute Gasteiger partial charge is 0.294 e. The molecule has 1 saturated heterocycles. The molecule has 1 amide bonds. The highest BCUT2D eigenvalue weighted by molar-refractivity contribution is 5.76. The van der Waals surface area contributed by atoms with Crippen molar-refractivity contribution in [2.24, 2.45) is 5.73 Å². The van der Waals surface area contributed by atoms with E-state index in [-0.39, 0.29) is 17.6 Å². The molecule has 1 fully saturated rings. The Balaban J connectivity index is 2.29. The molecule has 0 aromatic heterocycles. The Hall–Kier alpha value is -1.37. The minimum atomic E-state index is -0.765. The van der Waals surface area contributed by atoms with E-state index >= 15 is 0 Å². The second-order valence-corrected chi connectivity index (χ2v) is 5.40. The van der Waals surface area contributed by atoms with Crippen molar-refractivity contribution in [3.8, 4) is 0 Å². The summed E-state index contributed by atoms with van der Waals surface area (Å²) >= 11 is 0. The van der Waals surface area contributed by atoms with E-state index in [0.29, 0.717) is 38.8 Å². The summed E-state index contributed by atoms with van der Waals surface area (Å²) < 4.78 is 0. The van der Waals surface area contributed by atoms with Crippen LogP contribution in [0.4, 0.5) is 0 Å². The lowest BCUT2D eigenvalue weighted by Gasteiger charge is -2.31. The van der Waals surface area contributed by atoms with Gasteiger partial charge in [-0.05, 0) is 33.1 Å². The molecule has 0 unspecified atom stereocenters. The van der Waals surface area contributed by atoms with E-state index in [1.165, 1.54) is 0 Å². The number of likely N-dealkylation sites (tertiary alicyclic amines) is 1. The first-order valence-electron chi connectivity index (χ1n) is 6.16. The average molecular weight is 259 g/mol. The van der Waals surface area contributed by atoms with Gasteiger partial charge in [0.05, 0.1) is 0 Å². The van der Waals surface area contributed by atoms with E-state index in [1.54, 1.807) is 4.90 Å². The number of nitrogens with zero attached hydrogens (tertiary/aromatic N) is 2. The number of piperidine rings is 1. The molecule has 0 atom stereocenters. The third-order valence-corrected chi connectivity index (χ3v) is 3.01. The van der Waals surface area contributed by atoms with Crippen molar-refractivity contribution in [3.05, 3.63) is 10.1 Å². The molecule has 0 saturated carbocycles. The molecule has 18 heavy (non-hydrogen) atoms. The molecule has 104 valence electrons. The topological polar surface area (TPSA) is 98.7 Å². The first-order valence-corrected chi connectivity index (χ1v) is 6.16. The molecule has 1 rings (SSSR count). The summed E-state index contributed by atoms with van der Waals surface area (Å²) in [5.74, 6) is 0.0630. The largest absolute Gasteiger partial charge is 0.343 e. The summed E-state index contributed by atoms with van der Waals surface area (Å²) in [6.45, 7) is 4.81. The number of carbonyl (C=O) groups is 1. The normalized spacial score (nSPS) is 17.6. The molecule has 0 bridgehead atoms. The molecule has 0 spiro atoms. The van der Waals surface area contributed by atoms with Crippen LogP contribution in [0.5, 0.6) is 0 Å². The van der Waals surface area contributed by atoms with Gasteiger partial charge >= 0.3 is 0 Å². The summed E-state index contributed by atoms with van der Waals surface area (Å²) in [4.78, 5) is 28.3. The van der Waals surface area contributed by atoms with Gasteiger partial charge in [-0.1, -0.05) is 0 Å². The summed E-state index contributed by atoms with van der Waals surface area (Å²) in [6, 6.07) is 0. The SMILES string of the molecule is CC(C)(N)CCC(=O)N1CCC(O[N+](=O)[O-])CC1. The molecule has 2 N–H and O–H groups in total. The standard InChI is InChI=1S/C11H21N3O4/c1-11(2,12)6-3-10(15)13-7-4-9(5-8-13)18-14(16)17/h9H,3-8,12H2,1-2H3. The highest BCUT2D eigenvalue weighted by Crippen LogP contribution is 2.16. The van der Waals surface area contributed by atoms with E-state index in [0.717, 1.165) is 0 Å². The zero-order valence-electron chi connectivity index (χ0n) is 10.9. The minimum absolute atomic E-state index is 0.0630. The van der Waals surface area contributed by atoms with Crippen LogP contribution in [0.1, 0.15) is 39.5 Å². The number of hydrogen-bond donors (Lipinski definition) is 1. The van der Waals surface area contributed by atoms with Crippen molar-refractivity contribution in [1.82, 2.24) is 4.90 Å². The Labute approximate surface area is 106 Å². The fourth-order valence-corrected chi connectivity index (χ4v) is 1.92. The van der Waals surface area contributed by atoms with Crippen LogP contribution in [0.15, 0.2) is 0 Å². The van der Waals surface area contributed by atoms with Crippen LogP contribution in [-0.2, 0) is 9.63 Å². The lowest BCUT2D eigenvalue weighted by atomic mass is 9.99. The van der Waals surface area contributed by atoms with Crippen molar-refractivity contribution < 1.29 is 14.7 Å². The molecule has 7 heteroatoms. The maximum atomic E-state index is 11.9. The fraction of sp³-hybridized carbons (Fsp3) is 0.909. The van der Waals surface area contributed by atoms with Gasteiger partial charge in [-0.15, -0.1) is 10.1 Å². The Morgan fingerprint density at radius 1 is 1.50 bits per heavy atom. The van der Waals surface area contributed by atoms with Gasteiger partial charge in [-0.25, -0.2) is 0 Å². The lowest BCUT2D eigenvalue weighted by Crippen LogP contribution is -2.42. The van der Waals surface area contributed by atoms with Gasteiger partial charge in [0.1, 0.15) is 6.10 Å². The number of carbonyl (C=O) groups excluding carboxylic acids is 1. The van der Waals surface area contributed by atoms with E-state index in [2.05, 4.69) is 4.84 Å². The molecule has 0 aromatic carbocycles. The molecule has 1 aliphatic rings. The lowest BCUT2D eigenvalue weighted by molar-refractivity contribution is -0.769. The Kier molecular flexibility index (Phi) is 4.89. The van der Waals surface area contributed by atoms with E-state index in [1.807, 2.05) is 13.8 Å². The molecule has 0 aliphatic carbocycles. The quantitative estimate of drug-likeness (QED) is 0.579. The van der Waals surface area contributed by atoms with Crippen molar-refractivity contribution >= 4 is 5.91 Å². The Bertz CT molecular complexity index is 306. The maximum Gasteiger partial charge on any atom is 0.294 e. The predicted molar refractivity (Wildman–Crippen MR) is 65.2 cm³/mol. The predicted octanol–water partition coefficient (Wildman–Crippen LogP) is 0.703. The highest BCUT2D eigenvalue weighted by atomic mass is 17.0. The second kappa shape index (κ2) is 5.99. The van der Waals surface area contributed by atoms with Crippen LogP contribution in [0.2, 0.25) is 0 Å². The van der Waals surface area contributed by atoms with Crippen molar-refractivity contribution in [2.75, 3.05) is 13.1 Å². The Morgan fingerprint density at radius 3 is 2.50 bits per heavy atom. The van der Waals surface area contributed by atoms with E-state index < -0.39 is 5.09 Å². The first kappa shape index (κ1) is 14.7. The number of amides is 1. The van der Waals surface area contributed by atoms with Gasteiger partial charge in [-0.2, -0.15) is 0 Å². The summed E-state index contributed by atoms with van der Waals surface area (Å²) in [5, 5.41) is 9.42. The average Bonchev–Trinajstić information content (AvgIpc) is 2.25. The first-order chi connectivity index (χ1) is 8.28. The monoisotopic (exact) mass is 259 g/mol. The van der Waals surface area contributed by atoms with Crippen molar-refractivity contribution in [1.29, 1.82) is 0 Å². The van der Waals surface area contributed by atoms with Crippen molar-refractivity contribution in [2.45, 2.75) is 51.2 Å². The van der Waals surface area contributed by atoms with Gasteiger partial charge < -0.3 is 15.5 Å². The summed E-state index contributed by atoms with van der Waals surface area (Å²) in [5.41, 5.74) is 5.48. The van der Waals surface area contributed by atoms with Crippen LogP contribution in [0, 0.1) is 10.1 Å². The zero-order chi connectivity index (χ0) is 13.8. The summed E-state index contributed by atoms with van der Waals surface area (Å²) in [6.07, 6.45) is 1.70. The number of nitrogens with two attached hydrogens (primary N) is 1. The van der Waals surface area contributed by atoms with E-state index in [4.69, 9.17) is 5.73 Å². The molecule has 7 nitrogen and oxygen atoms in total. The van der Waals surface area contributed by atoms with Gasteiger partial charge in [0.15, 0.2) is 0 Å². The molecule has 0 radical (unpaired) electrons. The van der Waals surface area contributed by atoms with Gasteiger partial charge in [0, 0.05) is 25.0 Å². The van der Waals surface area contributed by atoms with Crippen LogP contribution < -0.4 is 5.73 Å². The molecule has 1 heterocycles. The van der Waals surface area contributed by atoms with Crippen LogP contribution in [-0.4, -0.2) is 40.6 Å². The van der Waals surface area contributed by atoms with Crippen LogP contribution in [0.25, 0.3) is 0 Å². The Morgan fingerprint density at radius 2 is 2.06 bits per heavy atom. The number of hydrogen-bond acceptors (Lipinski definition) is 5. The van der Waals surface area contributed by atoms with Gasteiger partial charge in [0.25, 0.3) is 5.09 Å². The summed E-state index contributed by atoms with van der Waals surface area (Å²) in [7, 11) is 0. The molecular formula is C11H21N3O4. The third kappa shape index (κ3) is 5.31. The van der Waals surface area contributed by atoms with Gasteiger partial charge in [-0.3, -0.25) is 4.79 Å². The minimum Gasteiger partial charge on any atom is -0.343 e. The number of rotatable bonds is 5. The second-order valence-electron chi connectivity index (χ2n) is 5.40. The highest BCUT2D eigenvalue weighted by Gasteiger charge is 2.25. The van der Waals surface area contributed by atoms with E-state index in [9.17, 15) is 14.9 Å². The molecular weight excluding hydrogens is 238 g/mol. The van der Waals surface area contributed by atoms with Crippen LogP contribution in [0.3, 0.4) is 0 Å². The van der Waals surface area contributed by atoms with Crippen molar-refractivity contribution in [3.63, 3.8) is 0 Å². The zero-order valence-corrected chi connectivity index (χ0v) is 10.9. The van der Waals surface area contributed by atoms with Crippen LogP contribution >= 0.6 is 0 Å². The molecule has 0 aromatic rings. The maximum absolute atomic E-state index is 11.9. The fourth-order valence-electron chi connectivity index (χ4n) is 1.92. The molecule has 1 aliphatic heterocycles. The van der Waals surface area contributed by atoms with Gasteiger partial charge in [0.2, 0.25) is 5.91 Å². The third-order valence-electron chi connectivity index (χ3n) is 3.01.